The summed E-state index contributed by atoms with van der Waals surface area (Å²) < 4.78 is 2.04. The number of fused-ring (bicyclic) bond motifs is 3. The Bertz CT molecular complexity index is 734. The molecule has 0 saturated heterocycles. The van der Waals surface area contributed by atoms with Gasteiger partial charge in [-0.05, 0) is 31.9 Å². The largest absolute Gasteiger partial charge is 0.385 e. The molecule has 1 aliphatic rings. The lowest BCUT2D eigenvalue weighted by atomic mass is 10.0. The summed E-state index contributed by atoms with van der Waals surface area (Å²) in [6.45, 7) is 8.21. The van der Waals surface area contributed by atoms with Crippen LogP contribution in [-0.4, -0.2) is 59.8 Å². The molecule has 0 fully saturated rings. The average Bonchev–Trinajstić information content (AvgIpc) is 2.90. The maximum Gasteiger partial charge on any atom is 0.270 e. The Labute approximate surface area is 143 Å². The van der Waals surface area contributed by atoms with Crippen LogP contribution < -0.4 is 4.90 Å². The minimum absolute atomic E-state index is 0.0647. The molecule has 24 heavy (non-hydrogen) atoms. The quantitative estimate of drug-likeness (QED) is 0.813. The summed E-state index contributed by atoms with van der Waals surface area (Å²) in [5.74, 6) is 0.0647. The molecule has 130 valence electrons. The third-order valence-electron chi connectivity index (χ3n) is 5.24. The van der Waals surface area contributed by atoms with E-state index in [1.165, 1.54) is 4.90 Å². The summed E-state index contributed by atoms with van der Waals surface area (Å²) in [7, 11) is 1.85. The zero-order chi connectivity index (χ0) is 17.3. The van der Waals surface area contributed by atoms with E-state index in [9.17, 15) is 9.90 Å². The number of quaternary nitrogens is 1. The van der Waals surface area contributed by atoms with E-state index in [4.69, 9.17) is 0 Å². The van der Waals surface area contributed by atoms with E-state index in [0.717, 1.165) is 48.2 Å². The van der Waals surface area contributed by atoms with Crippen molar-refractivity contribution in [2.24, 2.45) is 0 Å². The zero-order valence-corrected chi connectivity index (χ0v) is 14.9. The summed E-state index contributed by atoms with van der Waals surface area (Å²) in [5, 5.41) is 11.7. The van der Waals surface area contributed by atoms with E-state index < -0.39 is 6.10 Å². The number of rotatable bonds is 6. The van der Waals surface area contributed by atoms with Crippen molar-refractivity contribution in [1.29, 1.82) is 0 Å². The van der Waals surface area contributed by atoms with Crippen molar-refractivity contribution in [3.63, 3.8) is 0 Å². The van der Waals surface area contributed by atoms with Crippen LogP contribution in [0.25, 0.3) is 10.9 Å². The molecule has 0 saturated carbocycles. The topological polar surface area (TPSA) is 49.9 Å². The molecule has 0 unspecified atom stereocenters. The molecule has 2 N–H and O–H groups in total. The molecular weight excluding hydrogens is 302 g/mol. The highest BCUT2D eigenvalue weighted by molar-refractivity contribution is 6.02. The standard InChI is InChI=1S/C19H27N3O2/c1-4-21(5-2)12-14(23)13-22-17-9-7-6-8-15(17)16-10-11-20(3)19(24)18(16)22/h6-9,14,23H,4-5,10-13H2,1-3H3/p+1/t14-/m0/s1. The number of aliphatic hydroxyl groups is 1. The Morgan fingerprint density at radius 3 is 2.67 bits per heavy atom. The first-order valence-electron chi connectivity index (χ1n) is 8.94. The van der Waals surface area contributed by atoms with Gasteiger partial charge in [0.1, 0.15) is 18.3 Å². The highest BCUT2D eigenvalue weighted by atomic mass is 16.3. The Hall–Kier alpha value is -1.85. The fourth-order valence-corrected chi connectivity index (χ4v) is 3.77. The third-order valence-corrected chi connectivity index (χ3v) is 5.24. The number of likely N-dealkylation sites (N-methyl/N-ethyl adjacent to an activating group) is 2. The maximum absolute atomic E-state index is 12.7. The number of para-hydroxylation sites is 1. The smallest absolute Gasteiger partial charge is 0.270 e. The molecule has 0 aliphatic carbocycles. The van der Waals surface area contributed by atoms with Crippen LogP contribution in [0.4, 0.5) is 0 Å². The number of aliphatic hydroxyl groups excluding tert-OH is 1. The second-order valence-corrected chi connectivity index (χ2v) is 6.75. The lowest BCUT2D eigenvalue weighted by Gasteiger charge is -2.25. The number of amides is 1. The predicted molar refractivity (Wildman–Crippen MR) is 95.5 cm³/mol. The van der Waals surface area contributed by atoms with Crippen molar-refractivity contribution in [2.75, 3.05) is 33.2 Å². The van der Waals surface area contributed by atoms with E-state index in [1.54, 1.807) is 4.90 Å². The third kappa shape index (κ3) is 2.94. The van der Waals surface area contributed by atoms with E-state index in [1.807, 2.05) is 23.7 Å². The lowest BCUT2D eigenvalue weighted by Crippen LogP contribution is -3.12. The first-order valence-corrected chi connectivity index (χ1v) is 8.94. The van der Waals surface area contributed by atoms with Crippen LogP contribution in [0.2, 0.25) is 0 Å². The van der Waals surface area contributed by atoms with Gasteiger partial charge in [-0.25, -0.2) is 0 Å². The minimum Gasteiger partial charge on any atom is -0.385 e. The SMILES string of the molecule is CC[NH+](CC)C[C@H](O)Cn1c2c(c3ccccc31)CCN(C)C2=O. The van der Waals surface area contributed by atoms with Crippen molar-refractivity contribution in [2.45, 2.75) is 32.9 Å². The van der Waals surface area contributed by atoms with E-state index in [-0.39, 0.29) is 5.91 Å². The van der Waals surface area contributed by atoms with Gasteiger partial charge in [0.25, 0.3) is 5.91 Å². The highest BCUT2D eigenvalue weighted by Gasteiger charge is 2.29. The fourth-order valence-electron chi connectivity index (χ4n) is 3.77. The monoisotopic (exact) mass is 330 g/mol. The molecule has 3 rings (SSSR count). The van der Waals surface area contributed by atoms with Crippen molar-refractivity contribution >= 4 is 16.8 Å². The van der Waals surface area contributed by atoms with Crippen molar-refractivity contribution in [3.8, 4) is 0 Å². The van der Waals surface area contributed by atoms with Crippen molar-refractivity contribution in [3.05, 3.63) is 35.5 Å². The predicted octanol–water partition coefficient (Wildman–Crippen LogP) is 0.555. The van der Waals surface area contributed by atoms with Crippen LogP contribution >= 0.6 is 0 Å². The minimum atomic E-state index is -0.458. The number of benzene rings is 1. The Morgan fingerprint density at radius 1 is 1.25 bits per heavy atom. The summed E-state index contributed by atoms with van der Waals surface area (Å²) in [6, 6.07) is 8.16. The summed E-state index contributed by atoms with van der Waals surface area (Å²) in [5.41, 5.74) is 2.95. The number of hydrogen-bond acceptors (Lipinski definition) is 2. The Balaban J connectivity index is 1.99. The van der Waals surface area contributed by atoms with Gasteiger partial charge in [-0.2, -0.15) is 0 Å². The maximum atomic E-state index is 12.7. The molecule has 1 amide bonds. The molecule has 1 aromatic heterocycles. The van der Waals surface area contributed by atoms with Gasteiger partial charge in [0.15, 0.2) is 0 Å². The van der Waals surface area contributed by atoms with E-state index >= 15 is 0 Å². The summed E-state index contributed by atoms with van der Waals surface area (Å²) in [6.07, 6.45) is 0.419. The van der Waals surface area contributed by atoms with Crippen LogP contribution in [0.1, 0.15) is 29.9 Å². The number of hydrogen-bond donors (Lipinski definition) is 2. The molecule has 1 atom stereocenters. The number of aromatic nitrogens is 1. The summed E-state index contributed by atoms with van der Waals surface area (Å²) >= 11 is 0. The van der Waals surface area contributed by atoms with Gasteiger partial charge in [0.2, 0.25) is 0 Å². The first-order chi connectivity index (χ1) is 11.6. The molecular formula is C19H28N3O2+. The van der Waals surface area contributed by atoms with E-state index in [0.29, 0.717) is 13.1 Å². The zero-order valence-electron chi connectivity index (χ0n) is 14.9. The Morgan fingerprint density at radius 2 is 1.96 bits per heavy atom. The summed E-state index contributed by atoms with van der Waals surface area (Å²) in [4.78, 5) is 15.9. The number of carbonyl (C=O) groups excluding carboxylic acids is 1. The van der Waals surface area contributed by atoms with Gasteiger partial charge in [0.05, 0.1) is 19.6 Å². The van der Waals surface area contributed by atoms with E-state index in [2.05, 4.69) is 26.0 Å². The van der Waals surface area contributed by atoms with Crippen molar-refractivity contribution < 1.29 is 14.8 Å². The van der Waals surface area contributed by atoms with Crippen LogP contribution in [-0.2, 0) is 13.0 Å². The van der Waals surface area contributed by atoms with Gasteiger partial charge in [-0.3, -0.25) is 4.79 Å². The molecule has 0 bridgehead atoms. The van der Waals surface area contributed by atoms with Gasteiger partial charge >= 0.3 is 0 Å². The fraction of sp³-hybridized carbons (Fsp3) is 0.526. The van der Waals surface area contributed by atoms with Gasteiger partial charge in [0, 0.05) is 24.5 Å². The lowest BCUT2D eigenvalue weighted by molar-refractivity contribution is -0.899. The van der Waals surface area contributed by atoms with Crippen LogP contribution in [0.5, 0.6) is 0 Å². The average molecular weight is 330 g/mol. The molecule has 2 heterocycles. The molecule has 0 spiro atoms. The number of carbonyl (C=O) groups is 1. The van der Waals surface area contributed by atoms with Gasteiger partial charge < -0.3 is 19.5 Å². The molecule has 1 aliphatic heterocycles. The van der Waals surface area contributed by atoms with Crippen LogP contribution in [0.3, 0.4) is 0 Å². The van der Waals surface area contributed by atoms with Crippen LogP contribution in [0.15, 0.2) is 24.3 Å². The molecule has 0 radical (unpaired) electrons. The van der Waals surface area contributed by atoms with Gasteiger partial charge in [-0.1, -0.05) is 18.2 Å². The van der Waals surface area contributed by atoms with Crippen molar-refractivity contribution in [1.82, 2.24) is 9.47 Å². The Kier molecular flexibility index (Phi) is 4.92. The molecule has 1 aromatic carbocycles. The number of nitrogens with zero attached hydrogens (tertiary/aromatic N) is 2. The first kappa shape index (κ1) is 17.0. The molecule has 2 aromatic rings. The van der Waals surface area contributed by atoms with Gasteiger partial charge in [-0.15, -0.1) is 0 Å². The molecule has 5 nitrogen and oxygen atoms in total. The highest BCUT2D eigenvalue weighted by Crippen LogP contribution is 2.30. The number of nitrogens with one attached hydrogen (secondary N) is 1. The normalized spacial score (nSPS) is 16.0. The van der Waals surface area contributed by atoms with Crippen LogP contribution in [0, 0.1) is 0 Å². The second-order valence-electron chi connectivity index (χ2n) is 6.75. The molecule has 5 heteroatoms. The second kappa shape index (κ2) is 6.95.